The average Bonchev–Trinajstić information content (AvgIpc) is 3.06. The van der Waals surface area contributed by atoms with E-state index in [0.29, 0.717) is 5.92 Å². The maximum absolute atomic E-state index is 12.4. The zero-order valence-corrected chi connectivity index (χ0v) is 35.0. The Kier molecular flexibility index (Phi) is 29.7. The van der Waals surface area contributed by atoms with Gasteiger partial charge in [0.15, 0.2) is 5.78 Å². The third kappa shape index (κ3) is 35.0. The lowest BCUT2D eigenvalue weighted by molar-refractivity contribution is -0.192. The number of alkyl halides is 3. The molecule has 0 radical (unpaired) electrons. The van der Waals surface area contributed by atoms with Crippen LogP contribution in [0.15, 0.2) is 24.3 Å². The summed E-state index contributed by atoms with van der Waals surface area (Å²) >= 11 is 0. The lowest BCUT2D eigenvalue weighted by Crippen LogP contribution is -2.42. The molecule has 16 nitrogen and oxygen atoms in total. The molecule has 0 fully saturated rings. The van der Waals surface area contributed by atoms with E-state index in [1.165, 1.54) is 33.3 Å². The fourth-order valence-electron chi connectivity index (χ4n) is 3.27. The van der Waals surface area contributed by atoms with Crippen LogP contribution in [0.1, 0.15) is 102 Å². The number of aliphatic carboxylic acids is 2. The number of halogens is 3. The maximum atomic E-state index is 12.4. The van der Waals surface area contributed by atoms with Crippen LogP contribution in [0.25, 0.3) is 0 Å². The molecule has 0 aromatic carbocycles. The standard InChI is InChI=1S/C18H31NO5.C9H17NO2.C8H15NO4.C2HF3O2/c1-8-12(2)14(9-10-16(21)23-7)11-15(20)13(3)19-17(22)24-18(4,5)6;1-4-7(2)8(10)5-6-9(11)12-3;1-5(6(10)11)9-7(12)13-8(2,3)4;3-2(4,5)1(6)7/h9-10,12-14H,8,11H2,1-7H3,(H,19,22);5-8H,4,10H2,1-3H3;5H,1-4H3,(H,9,12)(H,10,11);(H,6,7)/b10-9+;6-5+;;/t12-,13-,14-;7-,8+;5-;/m000./s1. The Morgan fingerprint density at radius 1 is 0.679 bits per heavy atom. The first kappa shape index (κ1) is 58.0. The van der Waals surface area contributed by atoms with Gasteiger partial charge in [-0.05, 0) is 73.1 Å². The highest BCUT2D eigenvalue weighted by molar-refractivity contribution is 5.87. The number of carbonyl (C=O) groups excluding carboxylic acids is 5. The molecule has 0 rings (SSSR count). The molecule has 0 aliphatic heterocycles. The summed E-state index contributed by atoms with van der Waals surface area (Å²) in [5, 5.41) is 20.3. The summed E-state index contributed by atoms with van der Waals surface area (Å²) in [4.78, 5) is 76.2. The summed E-state index contributed by atoms with van der Waals surface area (Å²) < 4.78 is 50.7. The number of carboxylic acids is 2. The second-order valence-corrected chi connectivity index (χ2v) is 14.3. The maximum Gasteiger partial charge on any atom is 0.490 e. The van der Waals surface area contributed by atoms with Gasteiger partial charge >= 0.3 is 42.2 Å². The summed E-state index contributed by atoms with van der Waals surface area (Å²) in [5.41, 5.74) is 4.51. The number of hydrogen-bond acceptors (Lipinski definition) is 12. The van der Waals surface area contributed by atoms with Gasteiger partial charge in [-0.2, -0.15) is 13.2 Å². The first-order valence-corrected chi connectivity index (χ1v) is 17.6. The van der Waals surface area contributed by atoms with Gasteiger partial charge in [0, 0.05) is 24.6 Å². The predicted molar refractivity (Wildman–Crippen MR) is 201 cm³/mol. The summed E-state index contributed by atoms with van der Waals surface area (Å²) in [6, 6.07) is -1.65. The van der Waals surface area contributed by atoms with Gasteiger partial charge in [-0.25, -0.2) is 24.0 Å². The number of nitrogens with one attached hydrogen (secondary N) is 2. The van der Waals surface area contributed by atoms with E-state index < -0.39 is 59.6 Å². The SMILES string of the molecule is CC[C@H](C)[C@@H](/C=C/C(=O)OC)CC(=O)[C@H](C)NC(=O)OC(C)(C)C.CC[C@H](C)[C@H](N)/C=C/C(=O)OC.C[C@H](NC(=O)OC(C)(C)C)C(=O)O.O=C(O)C(F)(F)F. The number of Topliss-reactive ketones (excluding diaryl/α,β-unsaturated/α-hetero) is 1. The van der Waals surface area contributed by atoms with Crippen molar-refractivity contribution in [2.24, 2.45) is 23.5 Å². The van der Waals surface area contributed by atoms with Gasteiger partial charge in [0.25, 0.3) is 0 Å². The number of alkyl carbamates (subject to hydrolysis) is 2. The number of carbonyl (C=O) groups is 7. The minimum Gasteiger partial charge on any atom is -0.480 e. The van der Waals surface area contributed by atoms with Crippen LogP contribution in [0.4, 0.5) is 22.8 Å². The smallest absolute Gasteiger partial charge is 0.480 e. The lowest BCUT2D eigenvalue weighted by Gasteiger charge is -2.23. The van der Waals surface area contributed by atoms with Crippen LogP contribution in [-0.4, -0.2) is 102 Å². The van der Waals surface area contributed by atoms with Gasteiger partial charge in [-0.3, -0.25) is 9.59 Å². The van der Waals surface area contributed by atoms with Gasteiger partial charge in [-0.1, -0.05) is 52.7 Å². The molecule has 326 valence electrons. The average molecular weight is 816 g/mol. The number of nitrogens with two attached hydrogens (primary N) is 1. The Morgan fingerprint density at radius 2 is 1.04 bits per heavy atom. The Balaban J connectivity index is -0.000000356. The molecule has 0 bridgehead atoms. The third-order valence-corrected chi connectivity index (χ3v) is 7.01. The summed E-state index contributed by atoms with van der Waals surface area (Å²) in [6.45, 7) is 21.6. The van der Waals surface area contributed by atoms with Crippen LogP contribution in [0, 0.1) is 17.8 Å². The van der Waals surface area contributed by atoms with E-state index in [1.54, 1.807) is 60.6 Å². The number of hydrogen-bond donors (Lipinski definition) is 5. The molecule has 2 amide bonds. The van der Waals surface area contributed by atoms with Crippen LogP contribution >= 0.6 is 0 Å². The van der Waals surface area contributed by atoms with E-state index in [4.69, 9.17) is 30.2 Å². The highest BCUT2D eigenvalue weighted by Gasteiger charge is 2.38. The van der Waals surface area contributed by atoms with Gasteiger partial charge < -0.3 is 45.5 Å². The zero-order valence-electron chi connectivity index (χ0n) is 35.0. The quantitative estimate of drug-likeness (QED) is 0.0772. The third-order valence-electron chi connectivity index (χ3n) is 7.01. The number of rotatable bonds is 14. The Bertz CT molecular complexity index is 1290. The van der Waals surface area contributed by atoms with Crippen LogP contribution in [0.3, 0.4) is 0 Å². The molecular weight excluding hydrogens is 751 g/mol. The molecule has 19 heteroatoms. The van der Waals surface area contributed by atoms with Crippen LogP contribution in [0.5, 0.6) is 0 Å². The van der Waals surface area contributed by atoms with E-state index in [9.17, 15) is 41.9 Å². The van der Waals surface area contributed by atoms with Gasteiger partial charge in [-0.15, -0.1) is 0 Å². The summed E-state index contributed by atoms with van der Waals surface area (Å²) in [5.74, 6) is -4.23. The van der Waals surface area contributed by atoms with E-state index >= 15 is 0 Å². The first-order chi connectivity index (χ1) is 25.3. The molecule has 0 unspecified atom stereocenters. The van der Waals surface area contributed by atoms with Crippen molar-refractivity contribution in [2.45, 2.75) is 138 Å². The molecule has 6 N–H and O–H groups in total. The van der Waals surface area contributed by atoms with Gasteiger partial charge in [0.1, 0.15) is 17.2 Å². The minimum absolute atomic E-state index is 0.0610. The minimum atomic E-state index is -5.08. The number of carboxylic acid groups (broad SMARTS) is 2. The number of methoxy groups -OCH3 is 2. The van der Waals surface area contributed by atoms with Crippen LogP contribution in [0.2, 0.25) is 0 Å². The molecule has 0 heterocycles. The van der Waals surface area contributed by atoms with Crippen molar-refractivity contribution < 1.29 is 75.9 Å². The monoisotopic (exact) mass is 815 g/mol. The summed E-state index contributed by atoms with van der Waals surface area (Å²) in [6.07, 6.45) is 1.80. The molecule has 56 heavy (non-hydrogen) atoms. The van der Waals surface area contributed by atoms with Crippen LogP contribution < -0.4 is 16.4 Å². The Hall–Kier alpha value is -4.68. The molecule has 0 aromatic heterocycles. The van der Waals surface area contributed by atoms with Crippen molar-refractivity contribution in [3.8, 4) is 0 Å². The Morgan fingerprint density at radius 3 is 1.34 bits per heavy atom. The van der Waals surface area contributed by atoms with E-state index in [-0.39, 0.29) is 36.1 Å². The van der Waals surface area contributed by atoms with Gasteiger partial charge in [0.05, 0.1) is 20.3 Å². The number of ether oxygens (including phenoxy) is 4. The normalized spacial score (nSPS) is 14.5. The molecule has 0 aromatic rings. The second kappa shape index (κ2) is 28.7. The highest BCUT2D eigenvalue weighted by atomic mass is 19.4. The highest BCUT2D eigenvalue weighted by Crippen LogP contribution is 2.22. The number of allylic oxidation sites excluding steroid dienone is 1. The number of esters is 2. The van der Waals surface area contributed by atoms with Crippen molar-refractivity contribution in [3.05, 3.63) is 24.3 Å². The van der Waals surface area contributed by atoms with Crippen molar-refractivity contribution in [2.75, 3.05) is 14.2 Å². The molecule has 6 atom stereocenters. The second-order valence-electron chi connectivity index (χ2n) is 14.3. The van der Waals surface area contributed by atoms with E-state index in [1.807, 2.05) is 20.8 Å². The lowest BCUT2D eigenvalue weighted by atomic mass is 9.86. The van der Waals surface area contributed by atoms with E-state index in [0.717, 1.165) is 12.8 Å². The Labute approximate surface area is 328 Å². The molecule has 0 aliphatic carbocycles. The molecule has 0 saturated heterocycles. The topological polar surface area (TPSA) is 247 Å². The van der Waals surface area contributed by atoms with Crippen molar-refractivity contribution in [1.82, 2.24) is 10.6 Å². The molecule has 0 aliphatic rings. The van der Waals surface area contributed by atoms with Crippen molar-refractivity contribution in [1.29, 1.82) is 0 Å². The number of amides is 2. The molecule has 0 spiro atoms. The van der Waals surface area contributed by atoms with Crippen molar-refractivity contribution in [3.63, 3.8) is 0 Å². The number of ketones is 1. The van der Waals surface area contributed by atoms with E-state index in [2.05, 4.69) is 27.0 Å². The predicted octanol–water partition coefficient (Wildman–Crippen LogP) is 5.96. The largest absolute Gasteiger partial charge is 0.490 e. The molecule has 0 saturated carbocycles. The van der Waals surface area contributed by atoms with Gasteiger partial charge in [0.2, 0.25) is 0 Å². The zero-order chi connectivity index (χ0) is 45.2. The van der Waals surface area contributed by atoms with Crippen molar-refractivity contribution >= 4 is 41.8 Å². The summed E-state index contributed by atoms with van der Waals surface area (Å²) in [7, 11) is 2.66. The molecular formula is C37H64F3N3O13. The first-order valence-electron chi connectivity index (χ1n) is 17.6. The fraction of sp³-hybridized carbons (Fsp3) is 0.703. The fourth-order valence-corrected chi connectivity index (χ4v) is 3.27. The van der Waals surface area contributed by atoms with Crippen LogP contribution in [-0.2, 0) is 42.9 Å².